The van der Waals surface area contributed by atoms with Gasteiger partial charge in [0.2, 0.25) is 0 Å². The summed E-state index contributed by atoms with van der Waals surface area (Å²) in [5.74, 6) is -0.795. The second kappa shape index (κ2) is 7.20. The van der Waals surface area contributed by atoms with Crippen molar-refractivity contribution in [3.05, 3.63) is 30.1 Å². The molecule has 1 fully saturated rings. The van der Waals surface area contributed by atoms with Gasteiger partial charge < -0.3 is 5.11 Å². The predicted octanol–water partition coefficient (Wildman–Crippen LogP) is 4.05. The molecule has 1 aromatic rings. The van der Waals surface area contributed by atoms with Gasteiger partial charge >= 0.3 is 5.97 Å². The highest BCUT2D eigenvalue weighted by atomic mass is 32.2. The second-order valence-electron chi connectivity index (χ2n) is 4.64. The molecule has 1 aliphatic carbocycles. The smallest absolute Gasteiger partial charge is 0.313 e. The van der Waals surface area contributed by atoms with Gasteiger partial charge in [-0.1, -0.05) is 12.8 Å². The monoisotopic (exact) mass is 300 g/mol. The van der Waals surface area contributed by atoms with Gasteiger partial charge in [-0.25, -0.2) is 4.39 Å². The van der Waals surface area contributed by atoms with Crippen LogP contribution in [0.2, 0.25) is 0 Å². The average Bonchev–Trinajstić information content (AvgIpc) is 2.40. The van der Waals surface area contributed by atoms with Gasteiger partial charge in [-0.3, -0.25) is 4.79 Å². The topological polar surface area (TPSA) is 37.3 Å². The fraction of sp³-hybridized carbons (Fsp3) is 0.500. The highest BCUT2D eigenvalue weighted by Gasteiger charge is 2.26. The van der Waals surface area contributed by atoms with Crippen molar-refractivity contribution in [2.45, 2.75) is 41.1 Å². The Balaban J connectivity index is 1.95. The van der Waals surface area contributed by atoms with Crippen LogP contribution < -0.4 is 0 Å². The molecule has 5 heteroatoms. The molecule has 0 spiro atoms. The van der Waals surface area contributed by atoms with Crippen LogP contribution in [0.3, 0.4) is 0 Å². The molecule has 0 aliphatic heterocycles. The Labute approximate surface area is 121 Å². The predicted molar refractivity (Wildman–Crippen MR) is 78.4 cm³/mol. The zero-order chi connectivity index (χ0) is 13.7. The summed E-state index contributed by atoms with van der Waals surface area (Å²) in [5.41, 5.74) is 0. The van der Waals surface area contributed by atoms with Gasteiger partial charge in [-0.15, -0.1) is 23.5 Å². The van der Waals surface area contributed by atoms with E-state index >= 15 is 0 Å². The molecular formula is C14H17FO2S2. The zero-order valence-corrected chi connectivity index (χ0v) is 12.2. The van der Waals surface area contributed by atoms with Crippen LogP contribution in [0.15, 0.2) is 29.2 Å². The first kappa shape index (κ1) is 14.7. The Morgan fingerprint density at radius 2 is 1.84 bits per heavy atom. The van der Waals surface area contributed by atoms with Crippen molar-refractivity contribution < 1.29 is 14.3 Å². The molecule has 1 saturated carbocycles. The van der Waals surface area contributed by atoms with Crippen LogP contribution in [0.1, 0.15) is 25.7 Å². The summed E-state index contributed by atoms with van der Waals surface area (Å²) in [6.07, 6.45) is 4.57. The molecule has 19 heavy (non-hydrogen) atoms. The lowest BCUT2D eigenvalue weighted by Crippen LogP contribution is -2.25. The summed E-state index contributed by atoms with van der Waals surface area (Å²) in [6, 6.07) is 6.55. The molecule has 0 saturated heterocycles. The van der Waals surface area contributed by atoms with Crippen molar-refractivity contribution in [1.82, 2.24) is 0 Å². The minimum absolute atomic E-state index is 0.172. The molecule has 0 aromatic heterocycles. The third-order valence-electron chi connectivity index (χ3n) is 3.16. The van der Waals surface area contributed by atoms with Crippen LogP contribution in [-0.4, -0.2) is 27.3 Å². The maximum atomic E-state index is 12.9. The van der Waals surface area contributed by atoms with Crippen molar-refractivity contribution >= 4 is 29.5 Å². The lowest BCUT2D eigenvalue weighted by atomic mass is 10.00. The molecule has 0 heterocycles. The molecule has 2 nitrogen and oxygen atoms in total. The van der Waals surface area contributed by atoms with E-state index in [2.05, 4.69) is 0 Å². The largest absolute Gasteiger partial charge is 0.481 e. The number of hydrogen-bond donors (Lipinski definition) is 1. The summed E-state index contributed by atoms with van der Waals surface area (Å²) < 4.78 is 12.9. The highest BCUT2D eigenvalue weighted by molar-refractivity contribution is 8.04. The maximum Gasteiger partial charge on any atom is 0.313 e. The van der Waals surface area contributed by atoms with Gasteiger partial charge in [-0.2, -0.15) is 0 Å². The van der Waals surface area contributed by atoms with E-state index in [0.29, 0.717) is 10.5 Å². The normalized spacial score (nSPS) is 23.2. The number of carboxylic acid groups (broad SMARTS) is 1. The van der Waals surface area contributed by atoms with Gasteiger partial charge in [0.1, 0.15) is 5.82 Å². The first-order valence-corrected chi connectivity index (χ1v) is 8.33. The molecule has 1 aliphatic rings. The van der Waals surface area contributed by atoms with Gasteiger partial charge in [0.15, 0.2) is 0 Å². The molecule has 2 atom stereocenters. The number of halogens is 1. The van der Waals surface area contributed by atoms with Crippen LogP contribution in [0.4, 0.5) is 4.39 Å². The minimum Gasteiger partial charge on any atom is -0.481 e. The van der Waals surface area contributed by atoms with Crippen LogP contribution in [-0.2, 0) is 4.79 Å². The van der Waals surface area contributed by atoms with Gasteiger partial charge in [-0.05, 0) is 37.1 Å². The quantitative estimate of drug-likeness (QED) is 0.890. The fourth-order valence-electron chi connectivity index (χ4n) is 2.25. The number of rotatable bonds is 5. The maximum absolute atomic E-state index is 12.9. The van der Waals surface area contributed by atoms with Crippen LogP contribution in [0, 0.1) is 5.82 Å². The van der Waals surface area contributed by atoms with E-state index in [-0.39, 0.29) is 11.6 Å². The van der Waals surface area contributed by atoms with E-state index in [9.17, 15) is 9.18 Å². The zero-order valence-electron chi connectivity index (χ0n) is 10.5. The number of carbonyl (C=O) groups is 1. The highest BCUT2D eigenvalue weighted by Crippen LogP contribution is 2.39. The molecular weight excluding hydrogens is 283 g/mol. The van der Waals surface area contributed by atoms with Crippen LogP contribution in [0.25, 0.3) is 0 Å². The fourth-order valence-corrected chi connectivity index (χ4v) is 4.91. The minimum atomic E-state index is -0.749. The Kier molecular flexibility index (Phi) is 5.58. The Hall–Kier alpha value is -0.680. The molecule has 2 unspecified atom stereocenters. The van der Waals surface area contributed by atoms with Crippen molar-refractivity contribution in [3.8, 4) is 0 Å². The molecule has 0 radical (unpaired) electrons. The van der Waals surface area contributed by atoms with E-state index in [4.69, 9.17) is 5.11 Å². The van der Waals surface area contributed by atoms with Crippen molar-refractivity contribution in [1.29, 1.82) is 0 Å². The summed E-state index contributed by atoms with van der Waals surface area (Å²) in [6.45, 7) is 0. The number of hydrogen-bond acceptors (Lipinski definition) is 3. The third-order valence-corrected chi connectivity index (χ3v) is 6.15. The molecule has 0 bridgehead atoms. The molecule has 0 amide bonds. The second-order valence-corrected chi connectivity index (χ2v) is 7.18. The lowest BCUT2D eigenvalue weighted by molar-refractivity contribution is -0.133. The molecule has 2 rings (SSSR count). The lowest BCUT2D eigenvalue weighted by Gasteiger charge is -2.30. The summed E-state index contributed by atoms with van der Waals surface area (Å²) in [7, 11) is 0. The number of benzene rings is 1. The molecule has 1 aromatic carbocycles. The third kappa shape index (κ3) is 4.73. The van der Waals surface area contributed by atoms with E-state index < -0.39 is 5.97 Å². The first-order valence-electron chi connectivity index (χ1n) is 6.41. The molecule has 104 valence electrons. The van der Waals surface area contributed by atoms with E-state index in [0.717, 1.165) is 17.7 Å². The van der Waals surface area contributed by atoms with Gasteiger partial charge in [0.25, 0.3) is 0 Å². The number of carboxylic acids is 1. The Morgan fingerprint density at radius 3 is 2.47 bits per heavy atom. The number of aliphatic carboxylic acids is 1. The summed E-state index contributed by atoms with van der Waals surface area (Å²) in [4.78, 5) is 11.7. The standard InChI is InChI=1S/C14H17FO2S2/c15-10-5-7-11(8-6-10)19-13-4-2-1-3-12(13)18-9-14(16)17/h5-8,12-13H,1-4,9H2,(H,16,17). The van der Waals surface area contributed by atoms with E-state index in [1.165, 1.54) is 25.0 Å². The van der Waals surface area contributed by atoms with Crippen molar-refractivity contribution in [2.75, 3.05) is 5.75 Å². The first-order chi connectivity index (χ1) is 9.15. The Morgan fingerprint density at radius 1 is 1.21 bits per heavy atom. The molecule has 1 N–H and O–H groups in total. The van der Waals surface area contributed by atoms with E-state index in [1.807, 2.05) is 0 Å². The summed E-state index contributed by atoms with van der Waals surface area (Å²) in [5, 5.41) is 9.60. The van der Waals surface area contributed by atoms with Crippen LogP contribution in [0.5, 0.6) is 0 Å². The summed E-state index contributed by atoms with van der Waals surface area (Å²) >= 11 is 3.29. The van der Waals surface area contributed by atoms with E-state index in [1.54, 1.807) is 35.7 Å². The SMILES string of the molecule is O=C(O)CSC1CCCCC1Sc1ccc(F)cc1. The van der Waals surface area contributed by atoms with Gasteiger partial charge in [0.05, 0.1) is 5.75 Å². The Bertz CT molecular complexity index is 422. The van der Waals surface area contributed by atoms with Crippen molar-refractivity contribution in [2.24, 2.45) is 0 Å². The average molecular weight is 300 g/mol. The van der Waals surface area contributed by atoms with Crippen LogP contribution >= 0.6 is 23.5 Å². The van der Waals surface area contributed by atoms with Crippen molar-refractivity contribution in [3.63, 3.8) is 0 Å². The van der Waals surface area contributed by atoms with Gasteiger partial charge in [0, 0.05) is 15.4 Å². The number of thioether (sulfide) groups is 2.